The first kappa shape index (κ1) is 53.7. The molecule has 0 saturated heterocycles. The third-order valence-corrected chi connectivity index (χ3v) is 19.2. The molecular formula is C69H86Br2N2. The van der Waals surface area contributed by atoms with E-state index in [1.165, 1.54) is 181 Å². The molecule has 3 aliphatic carbocycles. The molecule has 0 aromatic heterocycles. The molecule has 0 radical (unpaired) electrons. The number of halogens is 2. The van der Waals surface area contributed by atoms with E-state index in [0.29, 0.717) is 0 Å². The first-order valence-corrected chi connectivity index (χ1v) is 30.2. The van der Waals surface area contributed by atoms with Crippen molar-refractivity contribution in [3.05, 3.63) is 164 Å². The van der Waals surface area contributed by atoms with Gasteiger partial charge in [0, 0.05) is 48.5 Å². The van der Waals surface area contributed by atoms with E-state index in [1.54, 1.807) is 0 Å². The van der Waals surface area contributed by atoms with Crippen molar-refractivity contribution >= 4 is 66.0 Å². The maximum Gasteiger partial charge on any atom is 0.0465 e. The average molecular weight is 1100 g/mol. The zero-order valence-electron chi connectivity index (χ0n) is 46.4. The summed E-state index contributed by atoms with van der Waals surface area (Å²) in [4.78, 5) is 5.13. The van der Waals surface area contributed by atoms with Crippen molar-refractivity contribution in [1.29, 1.82) is 0 Å². The molecular weight excluding hydrogens is 1020 g/mol. The minimum Gasteiger partial charge on any atom is -0.310 e. The van der Waals surface area contributed by atoms with Gasteiger partial charge in [0.05, 0.1) is 0 Å². The van der Waals surface area contributed by atoms with Crippen LogP contribution in [0.4, 0.5) is 34.1 Å². The second-order valence-electron chi connectivity index (χ2n) is 25.2. The lowest BCUT2D eigenvalue weighted by Crippen LogP contribution is -2.34. The Hall–Kier alpha value is -4.12. The Morgan fingerprint density at radius 3 is 0.973 bits per heavy atom. The summed E-state index contributed by atoms with van der Waals surface area (Å²) in [5.41, 5.74) is 19.6. The van der Waals surface area contributed by atoms with Gasteiger partial charge in [-0.05, 0) is 202 Å². The first-order chi connectivity index (χ1) is 34.9. The highest BCUT2D eigenvalue weighted by atomic mass is 79.9. The summed E-state index contributed by atoms with van der Waals surface area (Å²) in [6.45, 7) is 24.3. The predicted octanol–water partition coefficient (Wildman–Crippen LogP) is 22.6. The number of anilines is 6. The van der Waals surface area contributed by atoms with E-state index in [-0.39, 0.29) is 27.1 Å². The van der Waals surface area contributed by atoms with Gasteiger partial charge in [-0.15, -0.1) is 0 Å². The van der Waals surface area contributed by atoms with Crippen LogP contribution in [0.2, 0.25) is 0 Å². The molecule has 6 aromatic rings. The Morgan fingerprint density at radius 1 is 0.329 bits per heavy atom. The highest BCUT2D eigenvalue weighted by Crippen LogP contribution is 2.58. The molecule has 0 saturated carbocycles. The SMILES string of the molecule is CCCCCCCCC1(CCCCCCCC)c2cc(N(c3ccc(Br)cc3)c3ccc4c(c3)C(C)(C)CCC4(C)C)ccc2-c2ccc(N(c3ccc(Br)cc3)c3ccc4c(c3)C(C)(C)CCC4(C)C)cc21. The fraction of sp³-hybridized carbons (Fsp3) is 0.478. The van der Waals surface area contributed by atoms with Crippen LogP contribution in [-0.4, -0.2) is 0 Å². The maximum absolute atomic E-state index is 3.79. The number of fused-ring (bicyclic) bond motifs is 5. The average Bonchev–Trinajstić information content (AvgIpc) is 3.63. The molecule has 3 aliphatic rings. The Balaban J connectivity index is 1.23. The summed E-state index contributed by atoms with van der Waals surface area (Å²) in [6.07, 6.45) is 22.6. The van der Waals surface area contributed by atoms with Crippen LogP contribution < -0.4 is 9.80 Å². The summed E-state index contributed by atoms with van der Waals surface area (Å²) in [5.74, 6) is 0. The van der Waals surface area contributed by atoms with Crippen LogP contribution in [-0.2, 0) is 27.1 Å². The fourth-order valence-electron chi connectivity index (χ4n) is 13.3. The van der Waals surface area contributed by atoms with Gasteiger partial charge in [0.15, 0.2) is 0 Å². The van der Waals surface area contributed by atoms with E-state index in [0.717, 1.165) is 21.8 Å². The quantitative estimate of drug-likeness (QED) is 0.0703. The third-order valence-electron chi connectivity index (χ3n) is 18.1. The zero-order valence-corrected chi connectivity index (χ0v) is 49.6. The topological polar surface area (TPSA) is 6.48 Å². The smallest absolute Gasteiger partial charge is 0.0465 e. The zero-order chi connectivity index (χ0) is 51.8. The molecule has 73 heavy (non-hydrogen) atoms. The van der Waals surface area contributed by atoms with E-state index in [2.05, 4.69) is 232 Å². The monoisotopic (exact) mass is 1100 g/mol. The molecule has 0 aliphatic heterocycles. The standard InChI is InChI=1S/C69H86Br2N2/c1-11-13-15-17-19-21-39-69(40-22-20-18-16-14-12-2)61-45-53(72(51-27-23-49(70)24-28-51)55-33-37-59-63(47-55)67(7,8)43-41-65(59,3)4)31-35-57(61)58-36-32-54(46-62(58)69)73(52-29-25-50(71)26-30-52)56-34-38-60-64(48-56)68(9,10)44-42-66(60,5)6/h23-38,45-48H,11-22,39-44H2,1-10H3. The van der Waals surface area contributed by atoms with Crippen molar-refractivity contribution in [2.45, 2.75) is 212 Å². The van der Waals surface area contributed by atoms with Crippen LogP contribution >= 0.6 is 31.9 Å². The van der Waals surface area contributed by atoms with E-state index in [9.17, 15) is 0 Å². The number of benzene rings is 6. The van der Waals surface area contributed by atoms with Crippen molar-refractivity contribution in [3.63, 3.8) is 0 Å². The molecule has 0 unspecified atom stereocenters. The van der Waals surface area contributed by atoms with Crippen LogP contribution in [0, 0.1) is 0 Å². The molecule has 9 rings (SSSR count). The molecule has 6 aromatic carbocycles. The molecule has 0 fully saturated rings. The third kappa shape index (κ3) is 11.0. The van der Waals surface area contributed by atoms with Crippen LogP contribution in [0.3, 0.4) is 0 Å². The highest BCUT2D eigenvalue weighted by molar-refractivity contribution is 9.10. The second-order valence-corrected chi connectivity index (χ2v) is 27.0. The Bertz CT molecular complexity index is 2670. The molecule has 0 bridgehead atoms. The van der Waals surface area contributed by atoms with E-state index in [1.807, 2.05) is 0 Å². The van der Waals surface area contributed by atoms with Crippen molar-refractivity contribution in [2.24, 2.45) is 0 Å². The number of nitrogens with zero attached hydrogens (tertiary/aromatic N) is 2. The lowest BCUT2D eigenvalue weighted by atomic mass is 9.63. The van der Waals surface area contributed by atoms with Crippen LogP contribution in [0.1, 0.15) is 218 Å². The van der Waals surface area contributed by atoms with Gasteiger partial charge in [0.1, 0.15) is 0 Å². The largest absolute Gasteiger partial charge is 0.310 e. The summed E-state index contributed by atoms with van der Waals surface area (Å²) in [5, 5.41) is 0. The number of hydrogen-bond acceptors (Lipinski definition) is 2. The molecule has 0 atom stereocenters. The van der Waals surface area contributed by atoms with Gasteiger partial charge in [-0.2, -0.15) is 0 Å². The van der Waals surface area contributed by atoms with E-state index < -0.39 is 0 Å². The van der Waals surface area contributed by atoms with Crippen LogP contribution in [0.15, 0.2) is 130 Å². The summed E-state index contributed by atoms with van der Waals surface area (Å²) in [7, 11) is 0. The number of rotatable bonds is 20. The fourth-order valence-corrected chi connectivity index (χ4v) is 13.9. The van der Waals surface area contributed by atoms with Crippen molar-refractivity contribution < 1.29 is 0 Å². The van der Waals surface area contributed by atoms with Gasteiger partial charge < -0.3 is 9.80 Å². The molecule has 2 nitrogen and oxygen atoms in total. The Kier molecular flexibility index (Phi) is 16.1. The number of unbranched alkanes of at least 4 members (excludes halogenated alkanes) is 10. The molecule has 0 heterocycles. The van der Waals surface area contributed by atoms with Crippen molar-refractivity contribution in [1.82, 2.24) is 0 Å². The number of hydrogen-bond donors (Lipinski definition) is 0. The van der Waals surface area contributed by atoms with Gasteiger partial charge in [-0.3, -0.25) is 0 Å². The van der Waals surface area contributed by atoms with Gasteiger partial charge in [0.2, 0.25) is 0 Å². The summed E-state index contributed by atoms with van der Waals surface area (Å²) in [6, 6.07) is 48.1. The second kappa shape index (κ2) is 21.9. The van der Waals surface area contributed by atoms with Gasteiger partial charge in [-0.25, -0.2) is 0 Å². The lowest BCUT2D eigenvalue weighted by Gasteiger charge is -2.42. The maximum atomic E-state index is 3.79. The summed E-state index contributed by atoms with van der Waals surface area (Å²) >= 11 is 7.59. The summed E-state index contributed by atoms with van der Waals surface area (Å²) < 4.78 is 2.20. The van der Waals surface area contributed by atoms with Crippen molar-refractivity contribution in [3.8, 4) is 11.1 Å². The highest BCUT2D eigenvalue weighted by Gasteiger charge is 2.44. The Morgan fingerprint density at radius 2 is 0.616 bits per heavy atom. The van der Waals surface area contributed by atoms with Gasteiger partial charge in [0.25, 0.3) is 0 Å². The molecule has 0 spiro atoms. The van der Waals surface area contributed by atoms with Crippen molar-refractivity contribution in [2.75, 3.05) is 9.80 Å². The minimum atomic E-state index is -0.132. The van der Waals surface area contributed by atoms with Crippen LogP contribution in [0.5, 0.6) is 0 Å². The molecule has 0 amide bonds. The van der Waals surface area contributed by atoms with E-state index >= 15 is 0 Å². The Labute approximate surface area is 459 Å². The normalized spacial score (nSPS) is 17.3. The van der Waals surface area contributed by atoms with E-state index in [4.69, 9.17) is 0 Å². The predicted molar refractivity (Wildman–Crippen MR) is 324 cm³/mol. The first-order valence-electron chi connectivity index (χ1n) is 28.6. The molecule has 386 valence electrons. The lowest BCUT2D eigenvalue weighted by molar-refractivity contribution is 0.332. The van der Waals surface area contributed by atoms with Crippen LogP contribution in [0.25, 0.3) is 11.1 Å². The molecule has 4 heteroatoms. The van der Waals surface area contributed by atoms with Gasteiger partial charge >= 0.3 is 0 Å². The molecule has 0 N–H and O–H groups in total. The van der Waals surface area contributed by atoms with Gasteiger partial charge in [-0.1, -0.05) is 202 Å². The minimum absolute atomic E-state index is 0.100.